The maximum Gasteiger partial charge on any atom is 0.239 e. The predicted molar refractivity (Wildman–Crippen MR) is 75.7 cm³/mol. The maximum absolute atomic E-state index is 11.6. The molecule has 0 radical (unpaired) electrons. The van der Waals surface area contributed by atoms with E-state index >= 15 is 0 Å². The third kappa shape index (κ3) is 7.62. The first kappa shape index (κ1) is 15.7. The molecule has 0 aliphatic carbocycles. The van der Waals surface area contributed by atoms with E-state index in [4.69, 9.17) is 0 Å². The SMILES string of the molecule is CC(C)(C)CC(=O)NCC(=O)NCC1=CCNCC1. The van der Waals surface area contributed by atoms with Crippen LogP contribution in [0.15, 0.2) is 11.6 Å². The summed E-state index contributed by atoms with van der Waals surface area (Å²) in [5, 5.41) is 8.68. The highest BCUT2D eigenvalue weighted by Crippen LogP contribution is 2.17. The predicted octanol–water partition coefficient (Wildman–Crippen LogP) is 0.575. The van der Waals surface area contributed by atoms with Gasteiger partial charge in [0, 0.05) is 19.5 Å². The van der Waals surface area contributed by atoms with Gasteiger partial charge >= 0.3 is 0 Å². The molecule has 1 aliphatic heterocycles. The van der Waals surface area contributed by atoms with Crippen LogP contribution in [0.25, 0.3) is 0 Å². The average molecular weight is 267 g/mol. The molecule has 5 heteroatoms. The van der Waals surface area contributed by atoms with Gasteiger partial charge in [-0.05, 0) is 18.4 Å². The van der Waals surface area contributed by atoms with Gasteiger partial charge in [0.25, 0.3) is 0 Å². The fourth-order valence-electron chi connectivity index (χ4n) is 1.83. The van der Waals surface area contributed by atoms with E-state index in [0.717, 1.165) is 19.5 Å². The smallest absolute Gasteiger partial charge is 0.239 e. The normalized spacial score (nSPS) is 15.6. The van der Waals surface area contributed by atoms with Gasteiger partial charge in [-0.2, -0.15) is 0 Å². The molecule has 0 spiro atoms. The summed E-state index contributed by atoms with van der Waals surface area (Å²) in [6.07, 6.45) is 3.50. The van der Waals surface area contributed by atoms with Crippen LogP contribution in [0.5, 0.6) is 0 Å². The van der Waals surface area contributed by atoms with Crippen LogP contribution in [0.3, 0.4) is 0 Å². The monoisotopic (exact) mass is 267 g/mol. The van der Waals surface area contributed by atoms with Crippen LogP contribution in [-0.2, 0) is 9.59 Å². The number of nitrogens with one attached hydrogen (secondary N) is 3. The van der Waals surface area contributed by atoms with Gasteiger partial charge in [-0.1, -0.05) is 32.4 Å². The van der Waals surface area contributed by atoms with Crippen molar-refractivity contribution < 1.29 is 9.59 Å². The first-order chi connectivity index (χ1) is 8.87. The Kier molecular flexibility index (Phi) is 6.02. The third-order valence-electron chi connectivity index (χ3n) is 2.81. The van der Waals surface area contributed by atoms with E-state index in [-0.39, 0.29) is 23.8 Å². The van der Waals surface area contributed by atoms with Crippen molar-refractivity contribution in [2.45, 2.75) is 33.6 Å². The van der Waals surface area contributed by atoms with Gasteiger partial charge in [0.1, 0.15) is 0 Å². The fraction of sp³-hybridized carbons (Fsp3) is 0.714. The van der Waals surface area contributed by atoms with Crippen LogP contribution in [0.1, 0.15) is 33.6 Å². The minimum absolute atomic E-state index is 0.0551. The Morgan fingerprint density at radius 3 is 2.58 bits per heavy atom. The lowest BCUT2D eigenvalue weighted by Crippen LogP contribution is -2.39. The average Bonchev–Trinajstić information content (AvgIpc) is 2.33. The van der Waals surface area contributed by atoms with Crippen molar-refractivity contribution in [3.63, 3.8) is 0 Å². The van der Waals surface area contributed by atoms with Crippen LogP contribution in [0.4, 0.5) is 0 Å². The van der Waals surface area contributed by atoms with E-state index in [0.29, 0.717) is 13.0 Å². The van der Waals surface area contributed by atoms with Gasteiger partial charge in [0.05, 0.1) is 6.54 Å². The van der Waals surface area contributed by atoms with Crippen molar-refractivity contribution >= 4 is 11.8 Å². The summed E-state index contributed by atoms with van der Waals surface area (Å²) in [5.74, 6) is -0.217. The highest BCUT2D eigenvalue weighted by Gasteiger charge is 2.16. The number of carbonyl (C=O) groups excluding carboxylic acids is 2. The number of carbonyl (C=O) groups is 2. The number of hydrogen-bond acceptors (Lipinski definition) is 3. The van der Waals surface area contributed by atoms with Crippen LogP contribution in [0, 0.1) is 5.41 Å². The maximum atomic E-state index is 11.6. The quantitative estimate of drug-likeness (QED) is 0.638. The summed E-state index contributed by atoms with van der Waals surface area (Å²) in [4.78, 5) is 23.1. The molecule has 0 aromatic heterocycles. The lowest BCUT2D eigenvalue weighted by molar-refractivity contribution is -0.127. The second-order valence-corrected chi connectivity index (χ2v) is 6.11. The minimum atomic E-state index is -0.137. The van der Waals surface area contributed by atoms with Crippen molar-refractivity contribution in [2.24, 2.45) is 5.41 Å². The minimum Gasteiger partial charge on any atom is -0.351 e. The van der Waals surface area contributed by atoms with Gasteiger partial charge in [-0.25, -0.2) is 0 Å². The topological polar surface area (TPSA) is 70.2 Å². The molecular weight excluding hydrogens is 242 g/mol. The van der Waals surface area contributed by atoms with Crippen molar-refractivity contribution in [3.05, 3.63) is 11.6 Å². The summed E-state index contributed by atoms with van der Waals surface area (Å²) in [6, 6.07) is 0. The molecule has 0 aromatic carbocycles. The Morgan fingerprint density at radius 1 is 1.26 bits per heavy atom. The molecule has 108 valence electrons. The molecule has 0 bridgehead atoms. The van der Waals surface area contributed by atoms with Crippen molar-refractivity contribution in [2.75, 3.05) is 26.2 Å². The Hall–Kier alpha value is -1.36. The highest BCUT2D eigenvalue weighted by molar-refractivity contribution is 5.84. The number of rotatable bonds is 5. The molecule has 0 saturated carbocycles. The Bertz CT molecular complexity index is 356. The number of hydrogen-bond donors (Lipinski definition) is 3. The van der Waals surface area contributed by atoms with E-state index in [1.54, 1.807) is 0 Å². The lowest BCUT2D eigenvalue weighted by atomic mass is 9.92. The standard InChI is InChI=1S/C14H25N3O2/c1-14(2,3)8-12(18)17-10-13(19)16-9-11-4-6-15-7-5-11/h4,15H,5-10H2,1-3H3,(H,16,19)(H,17,18). The molecule has 0 aromatic rings. The second-order valence-electron chi connectivity index (χ2n) is 6.11. The third-order valence-corrected chi connectivity index (χ3v) is 2.81. The van der Waals surface area contributed by atoms with Crippen molar-refractivity contribution in [3.8, 4) is 0 Å². The fourth-order valence-corrected chi connectivity index (χ4v) is 1.83. The molecule has 5 nitrogen and oxygen atoms in total. The van der Waals surface area contributed by atoms with Crippen LogP contribution in [-0.4, -0.2) is 38.0 Å². The van der Waals surface area contributed by atoms with Gasteiger partial charge in [-0.15, -0.1) is 0 Å². The molecule has 3 N–H and O–H groups in total. The van der Waals surface area contributed by atoms with Gasteiger partial charge in [0.15, 0.2) is 0 Å². The molecule has 0 saturated heterocycles. The van der Waals surface area contributed by atoms with E-state index in [1.807, 2.05) is 20.8 Å². The van der Waals surface area contributed by atoms with Crippen LogP contribution >= 0.6 is 0 Å². The molecule has 19 heavy (non-hydrogen) atoms. The van der Waals surface area contributed by atoms with Crippen molar-refractivity contribution in [1.29, 1.82) is 0 Å². The molecule has 1 heterocycles. The van der Waals surface area contributed by atoms with E-state index in [9.17, 15) is 9.59 Å². The Balaban J connectivity index is 2.17. The van der Waals surface area contributed by atoms with Crippen LogP contribution in [0.2, 0.25) is 0 Å². The first-order valence-corrected chi connectivity index (χ1v) is 6.79. The second kappa shape index (κ2) is 7.28. The van der Waals surface area contributed by atoms with Gasteiger partial charge in [-0.3, -0.25) is 9.59 Å². The highest BCUT2D eigenvalue weighted by atomic mass is 16.2. The van der Waals surface area contributed by atoms with Crippen LogP contribution < -0.4 is 16.0 Å². The van der Waals surface area contributed by atoms with E-state index < -0.39 is 0 Å². The summed E-state index contributed by atoms with van der Waals surface area (Å²) >= 11 is 0. The van der Waals surface area contributed by atoms with Gasteiger partial charge in [0.2, 0.25) is 11.8 Å². The summed E-state index contributed by atoms with van der Waals surface area (Å²) in [6.45, 7) is 8.45. The molecule has 0 fully saturated rings. The molecule has 1 rings (SSSR count). The van der Waals surface area contributed by atoms with E-state index in [1.165, 1.54) is 5.57 Å². The van der Waals surface area contributed by atoms with Gasteiger partial charge < -0.3 is 16.0 Å². The zero-order valence-electron chi connectivity index (χ0n) is 12.1. The van der Waals surface area contributed by atoms with E-state index in [2.05, 4.69) is 22.0 Å². The summed E-state index contributed by atoms with van der Waals surface area (Å²) in [5.41, 5.74) is 1.19. The number of amides is 2. The zero-order chi connectivity index (χ0) is 14.3. The molecule has 1 aliphatic rings. The molecule has 0 atom stereocenters. The first-order valence-electron chi connectivity index (χ1n) is 6.79. The van der Waals surface area contributed by atoms with Crippen molar-refractivity contribution in [1.82, 2.24) is 16.0 Å². The lowest BCUT2D eigenvalue weighted by Gasteiger charge is -2.17. The zero-order valence-corrected chi connectivity index (χ0v) is 12.1. The Morgan fingerprint density at radius 2 is 2.00 bits per heavy atom. The largest absolute Gasteiger partial charge is 0.351 e. The molecule has 0 unspecified atom stereocenters. The summed E-state index contributed by atoms with van der Waals surface area (Å²) in [7, 11) is 0. The summed E-state index contributed by atoms with van der Waals surface area (Å²) < 4.78 is 0. The molecule has 2 amide bonds. The Labute approximate surface area is 115 Å². The molecular formula is C14H25N3O2.